The fourth-order valence-electron chi connectivity index (χ4n) is 3.79. The van der Waals surface area contributed by atoms with Crippen molar-refractivity contribution in [2.75, 3.05) is 37.7 Å². The van der Waals surface area contributed by atoms with E-state index < -0.39 is 21.6 Å². The molecule has 2 aliphatic heterocycles. The van der Waals surface area contributed by atoms with Crippen LogP contribution in [-0.2, 0) is 22.6 Å². The number of sulfone groups is 1. The standard InChI is InChI=1S/C18H21F3N4O3S/c19-18(20,21)14-3-1-13(2-4-14)17-22-16(28-23-17)11-24-6-8-25(9-7-24)15-5-10-29(26,27)12-15/h1-4,15H,5-12H2. The molecule has 0 saturated carbocycles. The second-order valence-corrected chi connectivity index (χ2v) is 9.68. The molecule has 0 spiro atoms. The van der Waals surface area contributed by atoms with Crippen molar-refractivity contribution in [2.45, 2.75) is 25.2 Å². The Hall–Kier alpha value is -1.98. The Balaban J connectivity index is 1.32. The van der Waals surface area contributed by atoms with Crippen molar-refractivity contribution in [2.24, 2.45) is 0 Å². The summed E-state index contributed by atoms with van der Waals surface area (Å²) >= 11 is 0. The summed E-state index contributed by atoms with van der Waals surface area (Å²) in [6.07, 6.45) is -3.69. The molecule has 0 amide bonds. The van der Waals surface area contributed by atoms with E-state index in [0.29, 0.717) is 24.4 Å². The van der Waals surface area contributed by atoms with Crippen molar-refractivity contribution in [3.05, 3.63) is 35.7 Å². The third-order valence-corrected chi connectivity index (χ3v) is 7.18. The number of aromatic nitrogens is 2. The van der Waals surface area contributed by atoms with Gasteiger partial charge in [-0.15, -0.1) is 0 Å². The first-order chi connectivity index (χ1) is 13.7. The van der Waals surface area contributed by atoms with Crippen LogP contribution in [0.15, 0.2) is 28.8 Å². The lowest BCUT2D eigenvalue weighted by molar-refractivity contribution is -0.137. The normalized spacial score (nSPS) is 23.5. The lowest BCUT2D eigenvalue weighted by Crippen LogP contribution is -2.50. The monoisotopic (exact) mass is 430 g/mol. The number of rotatable bonds is 4. The van der Waals surface area contributed by atoms with E-state index in [1.165, 1.54) is 12.1 Å². The number of piperazine rings is 1. The van der Waals surface area contributed by atoms with E-state index in [4.69, 9.17) is 4.52 Å². The van der Waals surface area contributed by atoms with Crippen molar-refractivity contribution in [1.82, 2.24) is 19.9 Å². The van der Waals surface area contributed by atoms with Gasteiger partial charge in [0.25, 0.3) is 0 Å². The molecule has 1 atom stereocenters. The number of hydrogen-bond acceptors (Lipinski definition) is 7. The minimum atomic E-state index is -4.38. The molecule has 0 radical (unpaired) electrons. The molecule has 2 fully saturated rings. The molecule has 158 valence electrons. The summed E-state index contributed by atoms with van der Waals surface area (Å²) in [5, 5.41) is 3.87. The van der Waals surface area contributed by atoms with E-state index in [1.807, 2.05) is 0 Å². The van der Waals surface area contributed by atoms with Crippen LogP contribution in [0, 0.1) is 0 Å². The van der Waals surface area contributed by atoms with Crippen molar-refractivity contribution < 1.29 is 26.1 Å². The molecule has 0 aliphatic carbocycles. The quantitative estimate of drug-likeness (QED) is 0.735. The van der Waals surface area contributed by atoms with Gasteiger partial charge in [0.2, 0.25) is 11.7 Å². The van der Waals surface area contributed by atoms with E-state index in [1.54, 1.807) is 0 Å². The lowest BCUT2D eigenvalue weighted by atomic mass is 10.1. The summed E-state index contributed by atoms with van der Waals surface area (Å²) in [6.45, 7) is 3.52. The number of hydrogen-bond donors (Lipinski definition) is 0. The van der Waals surface area contributed by atoms with Gasteiger partial charge in [-0.2, -0.15) is 18.2 Å². The second-order valence-electron chi connectivity index (χ2n) is 7.46. The number of nitrogens with zero attached hydrogens (tertiary/aromatic N) is 4. The maximum atomic E-state index is 12.7. The van der Waals surface area contributed by atoms with Crippen LogP contribution in [0.25, 0.3) is 11.4 Å². The number of halogens is 3. The summed E-state index contributed by atoms with van der Waals surface area (Å²) in [5.74, 6) is 1.17. The zero-order valence-electron chi connectivity index (χ0n) is 15.6. The summed E-state index contributed by atoms with van der Waals surface area (Å²) in [5.41, 5.74) is -0.266. The van der Waals surface area contributed by atoms with Gasteiger partial charge in [0, 0.05) is 37.8 Å². The van der Waals surface area contributed by atoms with Crippen LogP contribution in [0.3, 0.4) is 0 Å². The van der Waals surface area contributed by atoms with Crippen molar-refractivity contribution in [3.8, 4) is 11.4 Å². The fourth-order valence-corrected chi connectivity index (χ4v) is 5.55. The molecule has 11 heteroatoms. The third-order valence-electron chi connectivity index (χ3n) is 5.43. The Labute approximate surface area is 166 Å². The van der Waals surface area contributed by atoms with Crippen LogP contribution >= 0.6 is 0 Å². The predicted octanol–water partition coefficient (Wildman–Crippen LogP) is 2.06. The van der Waals surface area contributed by atoms with Gasteiger partial charge >= 0.3 is 6.18 Å². The number of benzene rings is 1. The smallest absolute Gasteiger partial charge is 0.338 e. The summed E-state index contributed by atoms with van der Waals surface area (Å²) < 4.78 is 66.6. The zero-order chi connectivity index (χ0) is 20.6. The van der Waals surface area contributed by atoms with E-state index in [-0.39, 0.29) is 23.4 Å². The second kappa shape index (κ2) is 7.69. The minimum absolute atomic E-state index is 0.108. The Morgan fingerprint density at radius 1 is 1.10 bits per heavy atom. The van der Waals surface area contributed by atoms with Gasteiger partial charge in [0.15, 0.2) is 9.84 Å². The van der Waals surface area contributed by atoms with Crippen LogP contribution < -0.4 is 0 Å². The van der Waals surface area contributed by atoms with Gasteiger partial charge in [-0.1, -0.05) is 17.3 Å². The molecule has 29 heavy (non-hydrogen) atoms. The minimum Gasteiger partial charge on any atom is -0.338 e. The van der Waals surface area contributed by atoms with Gasteiger partial charge in [-0.3, -0.25) is 9.80 Å². The van der Waals surface area contributed by atoms with Gasteiger partial charge in [-0.25, -0.2) is 8.42 Å². The number of alkyl halides is 3. The topological polar surface area (TPSA) is 79.5 Å². The molecule has 2 aliphatic rings. The van der Waals surface area contributed by atoms with E-state index in [9.17, 15) is 21.6 Å². The fraction of sp³-hybridized carbons (Fsp3) is 0.556. The summed E-state index contributed by atoms with van der Waals surface area (Å²) in [6, 6.07) is 4.75. The van der Waals surface area contributed by atoms with Gasteiger partial charge in [0.1, 0.15) is 0 Å². The molecule has 1 aromatic heterocycles. The maximum Gasteiger partial charge on any atom is 0.416 e. The summed E-state index contributed by atoms with van der Waals surface area (Å²) in [7, 11) is -2.89. The Morgan fingerprint density at radius 3 is 2.38 bits per heavy atom. The highest BCUT2D eigenvalue weighted by Crippen LogP contribution is 2.30. The Bertz CT molecular complexity index is 951. The molecule has 4 rings (SSSR count). The van der Waals surface area contributed by atoms with Crippen molar-refractivity contribution in [3.63, 3.8) is 0 Å². The van der Waals surface area contributed by atoms with E-state index >= 15 is 0 Å². The molecule has 2 saturated heterocycles. The summed E-state index contributed by atoms with van der Waals surface area (Å²) in [4.78, 5) is 8.66. The van der Waals surface area contributed by atoms with Crippen LogP contribution in [0.2, 0.25) is 0 Å². The first-order valence-corrected chi connectivity index (χ1v) is 11.2. The lowest BCUT2D eigenvalue weighted by Gasteiger charge is -2.37. The zero-order valence-corrected chi connectivity index (χ0v) is 16.4. The van der Waals surface area contributed by atoms with Crippen LogP contribution in [-0.4, -0.2) is 72.1 Å². The molecular formula is C18H21F3N4O3S. The first-order valence-electron chi connectivity index (χ1n) is 9.37. The molecule has 7 nitrogen and oxygen atoms in total. The average molecular weight is 430 g/mol. The third kappa shape index (κ3) is 4.78. The van der Waals surface area contributed by atoms with Crippen LogP contribution in [0.4, 0.5) is 13.2 Å². The molecule has 3 heterocycles. The highest BCUT2D eigenvalue weighted by molar-refractivity contribution is 7.91. The van der Waals surface area contributed by atoms with Crippen LogP contribution in [0.1, 0.15) is 17.9 Å². The largest absolute Gasteiger partial charge is 0.416 e. The molecule has 2 aromatic rings. The van der Waals surface area contributed by atoms with E-state index in [2.05, 4.69) is 19.9 Å². The highest BCUT2D eigenvalue weighted by atomic mass is 32.2. The SMILES string of the molecule is O=S1(=O)CCC(N2CCN(Cc3nc(-c4ccc(C(F)(F)F)cc4)no3)CC2)C1. The molecule has 0 bridgehead atoms. The van der Waals surface area contributed by atoms with Crippen LogP contribution in [0.5, 0.6) is 0 Å². The van der Waals surface area contributed by atoms with Gasteiger partial charge in [-0.05, 0) is 18.6 Å². The maximum absolute atomic E-state index is 12.7. The highest BCUT2D eigenvalue weighted by Gasteiger charge is 2.34. The predicted molar refractivity (Wildman–Crippen MR) is 98.6 cm³/mol. The molecule has 0 N–H and O–H groups in total. The molecule has 1 aromatic carbocycles. The van der Waals surface area contributed by atoms with Gasteiger partial charge < -0.3 is 4.52 Å². The average Bonchev–Trinajstić information content (AvgIpc) is 3.28. The van der Waals surface area contributed by atoms with E-state index in [0.717, 1.165) is 38.3 Å². The van der Waals surface area contributed by atoms with Gasteiger partial charge in [0.05, 0.1) is 23.6 Å². The Morgan fingerprint density at radius 2 is 1.79 bits per heavy atom. The molecular weight excluding hydrogens is 409 g/mol. The van der Waals surface area contributed by atoms with Crippen molar-refractivity contribution >= 4 is 9.84 Å². The Kier molecular flexibility index (Phi) is 5.38. The molecule has 1 unspecified atom stereocenters. The van der Waals surface area contributed by atoms with Crippen molar-refractivity contribution in [1.29, 1.82) is 0 Å². The first kappa shape index (κ1) is 20.3.